The van der Waals surface area contributed by atoms with Crippen LogP contribution >= 0.6 is 0 Å². The van der Waals surface area contributed by atoms with Gasteiger partial charge < -0.3 is 32.3 Å². The summed E-state index contributed by atoms with van der Waals surface area (Å²) < 4.78 is 0. The van der Waals surface area contributed by atoms with E-state index in [4.69, 9.17) is 11.5 Å². The Labute approximate surface area is 212 Å². The van der Waals surface area contributed by atoms with E-state index in [2.05, 4.69) is 22.5 Å². The molecule has 0 radical (unpaired) electrons. The number of guanidine groups is 1. The molecule has 2 amide bonds. The molecule has 1 saturated carbocycles. The summed E-state index contributed by atoms with van der Waals surface area (Å²) in [6.07, 6.45) is 7.11. The first kappa shape index (κ1) is 28.9. The molecule has 1 fully saturated rings. The van der Waals surface area contributed by atoms with E-state index in [1.807, 2.05) is 0 Å². The second kappa shape index (κ2) is 14.3. The van der Waals surface area contributed by atoms with Crippen LogP contribution in [-0.4, -0.2) is 52.1 Å². The summed E-state index contributed by atoms with van der Waals surface area (Å²) in [5.74, 6) is -1.32. The highest BCUT2D eigenvalue weighted by molar-refractivity contribution is 5.88. The van der Waals surface area contributed by atoms with Crippen molar-refractivity contribution >= 4 is 23.7 Å². The Bertz CT molecular complexity index is 900. The number of unbranched alkanes of at least 4 members (excludes halogenated alkanes) is 4. The lowest BCUT2D eigenvalue weighted by molar-refractivity contribution is -0.137. The van der Waals surface area contributed by atoms with Gasteiger partial charge in [0.15, 0.2) is 5.96 Å². The van der Waals surface area contributed by atoms with E-state index in [0.717, 1.165) is 37.7 Å². The second-order valence-electron chi connectivity index (χ2n) is 9.69. The maximum absolute atomic E-state index is 13.4. The monoisotopic (exact) mass is 503 g/mol. The zero-order chi connectivity index (χ0) is 26.6. The normalized spacial score (nSPS) is 19.2. The van der Waals surface area contributed by atoms with Crippen LogP contribution in [0.1, 0.15) is 76.7 Å². The molecule has 10 nitrogen and oxygen atoms in total. The first-order chi connectivity index (χ1) is 17.1. The number of nitrogens with one attached hydrogen (secondary N) is 2. The highest BCUT2D eigenvalue weighted by Crippen LogP contribution is 2.49. The lowest BCUT2D eigenvalue weighted by atomic mass is 10.0. The van der Waals surface area contributed by atoms with Gasteiger partial charge in [-0.2, -0.15) is 0 Å². The number of phenolic OH excluding ortho intramolecular Hbond substituents is 1. The van der Waals surface area contributed by atoms with Gasteiger partial charge in [0.2, 0.25) is 11.8 Å². The quantitative estimate of drug-likeness (QED) is 0.107. The summed E-state index contributed by atoms with van der Waals surface area (Å²) in [4.78, 5) is 41.3. The number of aliphatic imine (C=N–C) groups is 1. The maximum Gasteiger partial charge on any atom is 0.303 e. The van der Waals surface area contributed by atoms with E-state index < -0.39 is 17.6 Å². The second-order valence-corrected chi connectivity index (χ2v) is 9.69. The molecule has 0 saturated heterocycles. The zero-order valence-corrected chi connectivity index (χ0v) is 21.2. The molecule has 0 bridgehead atoms. The summed E-state index contributed by atoms with van der Waals surface area (Å²) in [6.45, 7) is 2.52. The van der Waals surface area contributed by atoms with Gasteiger partial charge in [-0.25, -0.2) is 0 Å². The van der Waals surface area contributed by atoms with E-state index in [-0.39, 0.29) is 48.7 Å². The van der Waals surface area contributed by atoms with Crippen molar-refractivity contribution in [2.45, 2.75) is 89.1 Å². The van der Waals surface area contributed by atoms with Crippen molar-refractivity contribution in [3.8, 4) is 5.75 Å². The lowest BCUT2D eigenvalue weighted by Crippen LogP contribution is -2.52. The van der Waals surface area contributed by atoms with E-state index in [9.17, 15) is 24.6 Å². The van der Waals surface area contributed by atoms with E-state index in [1.165, 1.54) is 12.1 Å². The summed E-state index contributed by atoms with van der Waals surface area (Å²) in [6, 6.07) is 5.67. The molecule has 1 aliphatic carbocycles. The highest BCUT2D eigenvalue weighted by atomic mass is 16.4. The van der Waals surface area contributed by atoms with Gasteiger partial charge in [-0.05, 0) is 49.3 Å². The van der Waals surface area contributed by atoms with Gasteiger partial charge in [-0.1, -0.05) is 44.7 Å². The smallest absolute Gasteiger partial charge is 0.303 e. The molecule has 0 aromatic heterocycles. The number of nitrogens with zero attached hydrogens (tertiary/aromatic N) is 1. The summed E-state index contributed by atoms with van der Waals surface area (Å²) in [7, 11) is 0. The maximum atomic E-state index is 13.4. The van der Waals surface area contributed by atoms with E-state index in [0.29, 0.717) is 25.8 Å². The standard InChI is InChI=1S/C26H41N5O5/c1-2-3-4-5-6-7-22(33)30-21(16-18-8-10-20(32)11-9-18)24(36)31-26(14-12-23(34)35)17-19(26)13-15-29-25(27)28/h8-11,19,21,32H,2-7,12-17H2,1H3,(H,30,33)(H,31,36)(H,34,35)(H4,27,28,29)/t19-,21+,26?/m1/s1. The fourth-order valence-electron chi connectivity index (χ4n) is 4.53. The number of carbonyl (C=O) groups is 3. The zero-order valence-electron chi connectivity index (χ0n) is 21.2. The minimum atomic E-state index is -0.935. The molecule has 1 unspecified atom stereocenters. The van der Waals surface area contributed by atoms with Crippen molar-refractivity contribution in [2.75, 3.05) is 6.54 Å². The number of carboxylic acid groups (broad SMARTS) is 1. The number of benzene rings is 1. The third kappa shape index (κ3) is 10.1. The Balaban J connectivity index is 2.08. The highest BCUT2D eigenvalue weighted by Gasteiger charge is 2.54. The van der Waals surface area contributed by atoms with Gasteiger partial charge in [-0.3, -0.25) is 19.4 Å². The van der Waals surface area contributed by atoms with Crippen molar-refractivity contribution in [1.29, 1.82) is 0 Å². The van der Waals surface area contributed by atoms with Crippen LogP contribution in [0.5, 0.6) is 5.75 Å². The predicted molar refractivity (Wildman–Crippen MR) is 138 cm³/mol. The van der Waals surface area contributed by atoms with Gasteiger partial charge in [0.1, 0.15) is 11.8 Å². The molecule has 2 rings (SSSR count). The Hall–Kier alpha value is -3.30. The molecule has 36 heavy (non-hydrogen) atoms. The number of aromatic hydroxyl groups is 1. The van der Waals surface area contributed by atoms with Gasteiger partial charge in [-0.15, -0.1) is 0 Å². The molecule has 8 N–H and O–H groups in total. The Morgan fingerprint density at radius 2 is 1.81 bits per heavy atom. The number of hydrogen-bond donors (Lipinski definition) is 6. The van der Waals surface area contributed by atoms with Crippen molar-refractivity contribution in [1.82, 2.24) is 10.6 Å². The predicted octanol–water partition coefficient (Wildman–Crippen LogP) is 2.18. The average Bonchev–Trinajstić information content (AvgIpc) is 3.50. The summed E-state index contributed by atoms with van der Waals surface area (Å²) >= 11 is 0. The van der Waals surface area contributed by atoms with Crippen molar-refractivity contribution < 1.29 is 24.6 Å². The largest absolute Gasteiger partial charge is 0.508 e. The molecule has 1 aromatic carbocycles. The fraction of sp³-hybridized carbons (Fsp3) is 0.615. The van der Waals surface area contributed by atoms with Gasteiger partial charge in [0.05, 0.1) is 0 Å². The van der Waals surface area contributed by atoms with Crippen molar-refractivity contribution in [3.05, 3.63) is 29.8 Å². The van der Waals surface area contributed by atoms with Crippen molar-refractivity contribution in [2.24, 2.45) is 22.4 Å². The Morgan fingerprint density at radius 1 is 1.11 bits per heavy atom. The van der Waals surface area contributed by atoms with Crippen molar-refractivity contribution in [3.63, 3.8) is 0 Å². The molecule has 3 atom stereocenters. The van der Waals surface area contributed by atoms with Crippen LogP contribution in [0.25, 0.3) is 0 Å². The van der Waals surface area contributed by atoms with Crippen LogP contribution in [0.3, 0.4) is 0 Å². The molecule has 1 aromatic rings. The summed E-state index contributed by atoms with van der Waals surface area (Å²) in [5.41, 5.74) is 10.9. The number of rotatable bonds is 17. The Kier molecular flexibility index (Phi) is 11.5. The van der Waals surface area contributed by atoms with E-state index in [1.54, 1.807) is 12.1 Å². The molecular formula is C26H41N5O5. The van der Waals surface area contributed by atoms with Crippen LogP contribution in [0.2, 0.25) is 0 Å². The minimum Gasteiger partial charge on any atom is -0.508 e. The minimum absolute atomic E-state index is 0.0119. The molecule has 0 spiro atoms. The van der Waals surface area contributed by atoms with Crippen LogP contribution in [0.4, 0.5) is 0 Å². The number of hydrogen-bond acceptors (Lipinski definition) is 5. The first-order valence-corrected chi connectivity index (χ1v) is 12.8. The van der Waals surface area contributed by atoms with E-state index >= 15 is 0 Å². The molecule has 0 aliphatic heterocycles. The van der Waals surface area contributed by atoms with Gasteiger partial charge in [0, 0.05) is 31.3 Å². The molecular weight excluding hydrogens is 462 g/mol. The van der Waals surface area contributed by atoms with Crippen LogP contribution in [0, 0.1) is 5.92 Å². The number of carboxylic acids is 1. The van der Waals surface area contributed by atoms with Crippen LogP contribution < -0.4 is 22.1 Å². The number of amides is 2. The summed E-state index contributed by atoms with van der Waals surface area (Å²) in [5, 5.41) is 24.7. The fourth-order valence-corrected chi connectivity index (χ4v) is 4.53. The third-order valence-electron chi connectivity index (χ3n) is 6.70. The first-order valence-electron chi connectivity index (χ1n) is 12.8. The number of aliphatic carboxylic acids is 1. The SMILES string of the molecule is CCCCCCCC(=O)N[C@@H](Cc1ccc(O)cc1)C(=O)NC1(CCC(=O)O)C[C@H]1CCN=C(N)N. The van der Waals surface area contributed by atoms with Crippen LogP contribution in [-0.2, 0) is 20.8 Å². The van der Waals surface area contributed by atoms with Gasteiger partial charge in [0.25, 0.3) is 0 Å². The van der Waals surface area contributed by atoms with Gasteiger partial charge >= 0.3 is 5.97 Å². The molecule has 10 heteroatoms. The molecule has 200 valence electrons. The molecule has 1 aliphatic rings. The third-order valence-corrected chi connectivity index (χ3v) is 6.70. The number of carbonyl (C=O) groups excluding carboxylic acids is 2. The molecule has 0 heterocycles. The number of nitrogens with two attached hydrogens (primary N) is 2. The Morgan fingerprint density at radius 3 is 2.44 bits per heavy atom. The average molecular weight is 504 g/mol. The van der Waals surface area contributed by atoms with Crippen LogP contribution in [0.15, 0.2) is 29.3 Å². The number of phenols is 1. The topological polar surface area (TPSA) is 180 Å². The lowest BCUT2D eigenvalue weighted by Gasteiger charge is -2.24.